The summed E-state index contributed by atoms with van der Waals surface area (Å²) in [6.45, 7) is 0. The van der Waals surface area contributed by atoms with E-state index in [0.717, 1.165) is 11.6 Å². The molecular formula is C16H12F2N4S. The molecule has 3 rings (SSSR count). The second kappa shape index (κ2) is 6.53. The lowest BCUT2D eigenvalue weighted by atomic mass is 10.0. The van der Waals surface area contributed by atoms with E-state index in [4.69, 9.17) is 5.73 Å². The van der Waals surface area contributed by atoms with Crippen molar-refractivity contribution in [1.29, 1.82) is 0 Å². The number of benzene rings is 2. The van der Waals surface area contributed by atoms with E-state index in [1.807, 2.05) is 0 Å². The first kappa shape index (κ1) is 15.1. The van der Waals surface area contributed by atoms with Crippen LogP contribution in [0.5, 0.6) is 0 Å². The molecule has 4 nitrogen and oxygen atoms in total. The topological polar surface area (TPSA) is 63.3 Å². The molecule has 3 N–H and O–H groups in total. The molecular weight excluding hydrogens is 318 g/mol. The Hall–Kier alpha value is -2.80. The average molecular weight is 330 g/mol. The van der Waals surface area contributed by atoms with Crippen LogP contribution in [-0.2, 0) is 0 Å². The van der Waals surface area contributed by atoms with Crippen molar-refractivity contribution in [3.05, 3.63) is 65.0 Å². The molecule has 7 heteroatoms. The SMILES string of the molecule is Nc1csc(NN=Cc2ccc(-c3ccc(F)cc3F)cc2)n1. The van der Waals surface area contributed by atoms with Gasteiger partial charge in [-0.1, -0.05) is 24.3 Å². The third kappa shape index (κ3) is 3.70. The normalized spacial score (nSPS) is 11.0. The number of nitrogens with two attached hydrogens (primary N) is 1. The minimum absolute atomic E-state index is 0.353. The highest BCUT2D eigenvalue weighted by Gasteiger charge is 2.06. The molecule has 3 aromatic rings. The van der Waals surface area contributed by atoms with Gasteiger partial charge in [-0.15, -0.1) is 11.3 Å². The quantitative estimate of drug-likeness (QED) is 0.559. The Labute approximate surface area is 135 Å². The highest BCUT2D eigenvalue weighted by Crippen LogP contribution is 2.23. The summed E-state index contributed by atoms with van der Waals surface area (Å²) in [5.74, 6) is -0.739. The molecule has 1 aromatic heterocycles. The standard InChI is InChI=1S/C16H12F2N4S/c17-12-5-6-13(14(18)7-12)11-3-1-10(2-4-11)8-20-22-16-21-15(19)9-23-16/h1-9H,19H2,(H,21,22). The van der Waals surface area contributed by atoms with Gasteiger partial charge in [0, 0.05) is 17.0 Å². The van der Waals surface area contributed by atoms with E-state index in [2.05, 4.69) is 15.5 Å². The summed E-state index contributed by atoms with van der Waals surface area (Å²) in [4.78, 5) is 4.01. The smallest absolute Gasteiger partial charge is 0.205 e. The predicted molar refractivity (Wildman–Crippen MR) is 89.5 cm³/mol. The van der Waals surface area contributed by atoms with E-state index in [-0.39, 0.29) is 0 Å². The molecule has 1 heterocycles. The number of nitrogen functional groups attached to an aromatic ring is 1. The summed E-state index contributed by atoms with van der Waals surface area (Å²) in [5.41, 5.74) is 10.1. The lowest BCUT2D eigenvalue weighted by Gasteiger charge is -2.04. The maximum atomic E-state index is 13.7. The van der Waals surface area contributed by atoms with E-state index in [0.29, 0.717) is 22.1 Å². The van der Waals surface area contributed by atoms with Crippen molar-refractivity contribution in [3.8, 4) is 11.1 Å². The maximum absolute atomic E-state index is 13.7. The first-order chi connectivity index (χ1) is 11.1. The number of nitrogens with zero attached hydrogens (tertiary/aromatic N) is 2. The summed E-state index contributed by atoms with van der Waals surface area (Å²) in [6.07, 6.45) is 1.61. The monoisotopic (exact) mass is 330 g/mol. The molecule has 23 heavy (non-hydrogen) atoms. The van der Waals surface area contributed by atoms with Gasteiger partial charge in [-0.05, 0) is 23.3 Å². The van der Waals surface area contributed by atoms with Crippen LogP contribution < -0.4 is 11.2 Å². The summed E-state index contributed by atoms with van der Waals surface area (Å²) in [7, 11) is 0. The van der Waals surface area contributed by atoms with Crippen molar-refractivity contribution in [2.75, 3.05) is 11.2 Å². The lowest BCUT2D eigenvalue weighted by Crippen LogP contribution is -1.91. The highest BCUT2D eigenvalue weighted by molar-refractivity contribution is 7.14. The fraction of sp³-hybridized carbons (Fsp3) is 0. The van der Waals surface area contributed by atoms with Crippen LogP contribution in [0.3, 0.4) is 0 Å². The van der Waals surface area contributed by atoms with Gasteiger partial charge < -0.3 is 5.73 Å². The second-order valence-electron chi connectivity index (χ2n) is 4.69. The minimum Gasteiger partial charge on any atom is -0.383 e. The van der Waals surface area contributed by atoms with Gasteiger partial charge in [0.2, 0.25) is 5.13 Å². The molecule has 0 radical (unpaired) electrons. The molecule has 0 fully saturated rings. The van der Waals surface area contributed by atoms with Crippen LogP contribution >= 0.6 is 11.3 Å². The molecule has 2 aromatic carbocycles. The Morgan fingerprint density at radius 1 is 1.13 bits per heavy atom. The summed E-state index contributed by atoms with van der Waals surface area (Å²) in [6, 6.07) is 10.6. The van der Waals surface area contributed by atoms with Crippen molar-refractivity contribution < 1.29 is 8.78 Å². The number of aromatic nitrogens is 1. The van der Waals surface area contributed by atoms with Crippen molar-refractivity contribution in [2.45, 2.75) is 0 Å². The number of halogens is 2. The van der Waals surface area contributed by atoms with Gasteiger partial charge in [0.1, 0.15) is 17.5 Å². The molecule has 0 saturated heterocycles. The summed E-state index contributed by atoms with van der Waals surface area (Å²) >= 11 is 1.35. The van der Waals surface area contributed by atoms with Crippen LogP contribution in [0.15, 0.2) is 52.9 Å². The molecule has 0 spiro atoms. The molecule has 0 atom stereocenters. The zero-order chi connectivity index (χ0) is 16.2. The lowest BCUT2D eigenvalue weighted by molar-refractivity contribution is 0.585. The Balaban J connectivity index is 1.71. The molecule has 0 unspecified atom stereocenters. The summed E-state index contributed by atoms with van der Waals surface area (Å²) < 4.78 is 26.7. The highest BCUT2D eigenvalue weighted by atomic mass is 32.1. The van der Waals surface area contributed by atoms with Gasteiger partial charge >= 0.3 is 0 Å². The third-order valence-corrected chi connectivity index (χ3v) is 3.81. The number of hydrogen-bond acceptors (Lipinski definition) is 5. The predicted octanol–water partition coefficient (Wildman–Crippen LogP) is 4.12. The van der Waals surface area contributed by atoms with Gasteiger partial charge in [-0.2, -0.15) is 5.10 Å². The van der Waals surface area contributed by atoms with Crippen molar-refractivity contribution >= 4 is 28.5 Å². The Kier molecular flexibility index (Phi) is 4.29. The Bertz CT molecular complexity index is 844. The average Bonchev–Trinajstić information content (AvgIpc) is 2.94. The summed E-state index contributed by atoms with van der Waals surface area (Å²) in [5, 5.41) is 6.36. The van der Waals surface area contributed by atoms with E-state index in [1.165, 1.54) is 23.5 Å². The first-order valence-corrected chi connectivity index (χ1v) is 7.55. The van der Waals surface area contributed by atoms with Crippen LogP contribution in [0.4, 0.5) is 19.7 Å². The van der Waals surface area contributed by atoms with Crippen LogP contribution in [-0.4, -0.2) is 11.2 Å². The van der Waals surface area contributed by atoms with Crippen molar-refractivity contribution in [2.24, 2.45) is 5.10 Å². The molecule has 0 aliphatic carbocycles. The molecule has 116 valence electrons. The fourth-order valence-corrected chi connectivity index (χ4v) is 2.52. The number of hydrogen-bond donors (Lipinski definition) is 2. The molecule has 0 bridgehead atoms. The zero-order valence-corrected chi connectivity index (χ0v) is 12.6. The van der Waals surface area contributed by atoms with Crippen LogP contribution in [0.25, 0.3) is 11.1 Å². The minimum atomic E-state index is -0.594. The van der Waals surface area contributed by atoms with Crippen molar-refractivity contribution in [3.63, 3.8) is 0 Å². The van der Waals surface area contributed by atoms with Gasteiger partial charge in [0.05, 0.1) is 6.21 Å². The molecule has 0 saturated carbocycles. The number of anilines is 2. The van der Waals surface area contributed by atoms with Gasteiger partial charge in [0.15, 0.2) is 0 Å². The number of thiazole rings is 1. The van der Waals surface area contributed by atoms with E-state index in [9.17, 15) is 8.78 Å². The number of hydrazone groups is 1. The second-order valence-corrected chi connectivity index (χ2v) is 5.55. The van der Waals surface area contributed by atoms with E-state index >= 15 is 0 Å². The van der Waals surface area contributed by atoms with Crippen LogP contribution in [0.1, 0.15) is 5.56 Å². The van der Waals surface area contributed by atoms with E-state index < -0.39 is 11.6 Å². The number of nitrogens with one attached hydrogen (secondary N) is 1. The van der Waals surface area contributed by atoms with Crippen molar-refractivity contribution in [1.82, 2.24) is 4.98 Å². The van der Waals surface area contributed by atoms with Gasteiger partial charge in [-0.3, -0.25) is 5.43 Å². The molecule has 0 aliphatic heterocycles. The Morgan fingerprint density at radius 2 is 1.91 bits per heavy atom. The van der Waals surface area contributed by atoms with Gasteiger partial charge in [0.25, 0.3) is 0 Å². The Morgan fingerprint density at radius 3 is 2.57 bits per heavy atom. The molecule has 0 aliphatic rings. The fourth-order valence-electron chi connectivity index (χ4n) is 1.97. The van der Waals surface area contributed by atoms with Crippen LogP contribution in [0.2, 0.25) is 0 Å². The van der Waals surface area contributed by atoms with Crippen LogP contribution in [0, 0.1) is 11.6 Å². The third-order valence-electron chi connectivity index (χ3n) is 3.05. The molecule has 0 amide bonds. The van der Waals surface area contributed by atoms with Gasteiger partial charge in [-0.25, -0.2) is 13.8 Å². The van der Waals surface area contributed by atoms with E-state index in [1.54, 1.807) is 35.9 Å². The first-order valence-electron chi connectivity index (χ1n) is 6.67. The number of rotatable bonds is 4. The maximum Gasteiger partial charge on any atom is 0.205 e. The zero-order valence-electron chi connectivity index (χ0n) is 11.8. The largest absolute Gasteiger partial charge is 0.383 e.